The van der Waals surface area contributed by atoms with Crippen molar-refractivity contribution in [2.75, 3.05) is 26.2 Å². The average Bonchev–Trinajstić information content (AvgIpc) is 3.15. The van der Waals surface area contributed by atoms with Crippen molar-refractivity contribution in [3.8, 4) is 0 Å². The Hall–Kier alpha value is -1.69. The molecule has 0 bridgehead atoms. The lowest BCUT2D eigenvalue weighted by Crippen LogP contribution is -2.39. The molecule has 0 radical (unpaired) electrons. The molecule has 25 heavy (non-hydrogen) atoms. The lowest BCUT2D eigenvalue weighted by atomic mass is 10.0. The Labute approximate surface area is 155 Å². The Kier molecular flexibility index (Phi) is 8.12. The summed E-state index contributed by atoms with van der Waals surface area (Å²) in [4.78, 5) is 18.4. The second-order valence-electron chi connectivity index (χ2n) is 6.14. The van der Waals surface area contributed by atoms with Crippen molar-refractivity contribution in [1.82, 2.24) is 9.80 Å². The number of amides is 1. The van der Waals surface area contributed by atoms with E-state index in [-0.39, 0.29) is 11.9 Å². The number of rotatable bonds is 10. The maximum Gasteiger partial charge on any atom is 0.224 e. The minimum absolute atomic E-state index is 0.122. The molecule has 1 unspecified atom stereocenters. The third kappa shape index (κ3) is 6.27. The number of hydrogen-bond donors (Lipinski definition) is 1. The van der Waals surface area contributed by atoms with E-state index in [0.29, 0.717) is 13.0 Å². The van der Waals surface area contributed by atoms with E-state index in [1.165, 1.54) is 4.88 Å². The van der Waals surface area contributed by atoms with Gasteiger partial charge in [-0.05, 0) is 30.1 Å². The topological polar surface area (TPSA) is 49.6 Å². The van der Waals surface area contributed by atoms with Crippen LogP contribution in [-0.2, 0) is 11.3 Å². The zero-order valence-corrected chi connectivity index (χ0v) is 16.0. The van der Waals surface area contributed by atoms with E-state index in [9.17, 15) is 4.79 Å². The monoisotopic (exact) mass is 359 g/mol. The van der Waals surface area contributed by atoms with E-state index < -0.39 is 0 Å². The summed E-state index contributed by atoms with van der Waals surface area (Å²) in [6.07, 6.45) is 0.341. The van der Waals surface area contributed by atoms with Crippen LogP contribution in [-0.4, -0.2) is 41.9 Å². The molecule has 0 fully saturated rings. The van der Waals surface area contributed by atoms with Crippen LogP contribution in [0.25, 0.3) is 0 Å². The van der Waals surface area contributed by atoms with Crippen molar-refractivity contribution in [2.45, 2.75) is 32.9 Å². The molecule has 0 saturated heterocycles. The van der Waals surface area contributed by atoms with Gasteiger partial charge in [-0.2, -0.15) is 0 Å². The molecule has 136 valence electrons. The molecular formula is C20H29N3OS. The largest absolute Gasteiger partial charge is 0.336 e. The van der Waals surface area contributed by atoms with E-state index in [1.807, 2.05) is 41.3 Å². The molecule has 1 heterocycles. The Bertz CT molecular complexity index is 611. The van der Waals surface area contributed by atoms with Crippen LogP contribution in [0.2, 0.25) is 0 Å². The highest BCUT2D eigenvalue weighted by molar-refractivity contribution is 7.09. The van der Waals surface area contributed by atoms with Gasteiger partial charge in [-0.15, -0.1) is 11.3 Å². The predicted molar refractivity (Wildman–Crippen MR) is 106 cm³/mol. The van der Waals surface area contributed by atoms with Gasteiger partial charge in [0.1, 0.15) is 0 Å². The van der Waals surface area contributed by atoms with E-state index in [0.717, 1.165) is 31.7 Å². The molecule has 5 heteroatoms. The van der Waals surface area contributed by atoms with Crippen molar-refractivity contribution in [3.63, 3.8) is 0 Å². The van der Waals surface area contributed by atoms with Crippen LogP contribution < -0.4 is 5.73 Å². The lowest BCUT2D eigenvalue weighted by Gasteiger charge is -2.27. The summed E-state index contributed by atoms with van der Waals surface area (Å²) in [5, 5.41) is 2.05. The van der Waals surface area contributed by atoms with E-state index in [2.05, 4.69) is 30.2 Å². The van der Waals surface area contributed by atoms with Crippen LogP contribution >= 0.6 is 11.3 Å². The first-order valence-electron chi connectivity index (χ1n) is 8.97. The van der Waals surface area contributed by atoms with Crippen LogP contribution in [0.1, 0.15) is 36.8 Å². The van der Waals surface area contributed by atoms with E-state index in [4.69, 9.17) is 5.73 Å². The number of carbonyl (C=O) groups is 1. The Morgan fingerprint density at radius 3 is 2.40 bits per heavy atom. The van der Waals surface area contributed by atoms with Crippen molar-refractivity contribution >= 4 is 17.2 Å². The van der Waals surface area contributed by atoms with Gasteiger partial charge in [0.25, 0.3) is 0 Å². The predicted octanol–water partition coefficient (Wildman–Crippen LogP) is 3.51. The number of carbonyl (C=O) groups excluding carboxylic acids is 1. The summed E-state index contributed by atoms with van der Waals surface area (Å²) in [5.74, 6) is 0.122. The first kappa shape index (κ1) is 19.6. The molecule has 1 aromatic carbocycles. The molecule has 2 rings (SSSR count). The van der Waals surface area contributed by atoms with Gasteiger partial charge in [0.05, 0.1) is 6.54 Å². The fourth-order valence-electron chi connectivity index (χ4n) is 2.82. The van der Waals surface area contributed by atoms with Crippen molar-refractivity contribution in [3.05, 3.63) is 58.3 Å². The normalized spacial score (nSPS) is 12.3. The van der Waals surface area contributed by atoms with Crippen molar-refractivity contribution < 1.29 is 4.79 Å². The Balaban J connectivity index is 2.00. The van der Waals surface area contributed by atoms with Crippen LogP contribution in [0.3, 0.4) is 0 Å². The maximum absolute atomic E-state index is 12.9. The van der Waals surface area contributed by atoms with E-state index >= 15 is 0 Å². The van der Waals surface area contributed by atoms with Crippen molar-refractivity contribution in [1.29, 1.82) is 0 Å². The number of likely N-dealkylation sites (N-methyl/N-ethyl adjacent to an activating group) is 1. The van der Waals surface area contributed by atoms with E-state index in [1.54, 1.807) is 11.3 Å². The number of nitrogens with zero attached hydrogens (tertiary/aromatic N) is 2. The highest BCUT2D eigenvalue weighted by Gasteiger charge is 2.19. The maximum atomic E-state index is 12.9. The van der Waals surface area contributed by atoms with Crippen LogP contribution in [0.4, 0.5) is 0 Å². The summed E-state index contributed by atoms with van der Waals surface area (Å²) < 4.78 is 0. The molecule has 0 saturated carbocycles. The fraction of sp³-hybridized carbons (Fsp3) is 0.450. The number of benzene rings is 1. The fourth-order valence-corrected chi connectivity index (χ4v) is 3.54. The SMILES string of the molecule is CCN(CC)CCN(Cc1cccs1)C(=O)CC(N)c1ccccc1. The average molecular weight is 360 g/mol. The van der Waals surface area contributed by atoms with Gasteiger partial charge >= 0.3 is 0 Å². The second-order valence-corrected chi connectivity index (χ2v) is 7.18. The summed E-state index contributed by atoms with van der Waals surface area (Å²) in [6, 6.07) is 13.7. The van der Waals surface area contributed by atoms with Crippen molar-refractivity contribution in [2.24, 2.45) is 5.73 Å². The quantitative estimate of drug-likeness (QED) is 0.706. The van der Waals surface area contributed by atoms with Gasteiger partial charge in [0.2, 0.25) is 5.91 Å². The second kappa shape index (κ2) is 10.3. The summed E-state index contributed by atoms with van der Waals surface area (Å²) >= 11 is 1.69. The van der Waals surface area contributed by atoms with Crippen LogP contribution in [0.15, 0.2) is 47.8 Å². The van der Waals surface area contributed by atoms with Gasteiger partial charge < -0.3 is 15.5 Å². The van der Waals surface area contributed by atoms with Gasteiger partial charge in [-0.3, -0.25) is 4.79 Å². The molecule has 2 aromatic rings. The molecule has 0 spiro atoms. The minimum atomic E-state index is -0.256. The van der Waals surface area contributed by atoms with Gasteiger partial charge in [-0.1, -0.05) is 50.2 Å². The zero-order valence-electron chi connectivity index (χ0n) is 15.2. The molecule has 4 nitrogen and oxygen atoms in total. The molecule has 1 atom stereocenters. The summed E-state index contributed by atoms with van der Waals surface area (Å²) in [6.45, 7) is 8.60. The molecular weight excluding hydrogens is 330 g/mol. The molecule has 0 aliphatic carbocycles. The lowest BCUT2D eigenvalue weighted by molar-refractivity contribution is -0.132. The number of hydrogen-bond acceptors (Lipinski definition) is 4. The third-order valence-electron chi connectivity index (χ3n) is 4.48. The Morgan fingerprint density at radius 1 is 1.08 bits per heavy atom. The summed E-state index contributed by atoms with van der Waals surface area (Å²) in [7, 11) is 0. The smallest absolute Gasteiger partial charge is 0.224 e. The molecule has 1 aromatic heterocycles. The molecule has 0 aliphatic heterocycles. The molecule has 0 aliphatic rings. The van der Waals surface area contributed by atoms with Crippen LogP contribution in [0.5, 0.6) is 0 Å². The molecule has 2 N–H and O–H groups in total. The van der Waals surface area contributed by atoms with Gasteiger partial charge in [0, 0.05) is 30.4 Å². The number of thiophene rings is 1. The summed E-state index contributed by atoms with van der Waals surface area (Å²) in [5.41, 5.74) is 7.27. The van der Waals surface area contributed by atoms with Gasteiger partial charge in [0.15, 0.2) is 0 Å². The van der Waals surface area contributed by atoms with Crippen LogP contribution in [0, 0.1) is 0 Å². The minimum Gasteiger partial charge on any atom is -0.336 e. The highest BCUT2D eigenvalue weighted by atomic mass is 32.1. The zero-order chi connectivity index (χ0) is 18.1. The Morgan fingerprint density at radius 2 is 1.80 bits per heavy atom. The third-order valence-corrected chi connectivity index (χ3v) is 5.34. The highest BCUT2D eigenvalue weighted by Crippen LogP contribution is 2.17. The standard InChI is InChI=1S/C20H29N3OS/c1-3-22(4-2)12-13-23(16-18-11-8-14-25-18)20(24)15-19(21)17-9-6-5-7-10-17/h5-11,14,19H,3-4,12-13,15-16,21H2,1-2H3. The number of nitrogens with two attached hydrogens (primary N) is 1. The van der Waals surface area contributed by atoms with Gasteiger partial charge in [-0.25, -0.2) is 0 Å². The first-order chi connectivity index (χ1) is 12.1. The first-order valence-corrected chi connectivity index (χ1v) is 9.85. The molecule has 1 amide bonds.